The highest BCUT2D eigenvalue weighted by atomic mass is 19.1. The Morgan fingerprint density at radius 3 is 2.46 bits per heavy atom. The van der Waals surface area contributed by atoms with Gasteiger partial charge in [0.2, 0.25) is 0 Å². The molecular weight excluding hydrogens is 515 g/mol. The van der Waals surface area contributed by atoms with Crippen LogP contribution in [-0.2, 0) is 4.74 Å². The number of carbonyl (C=O) groups excluding carboxylic acids is 2. The zero-order valence-electron chi connectivity index (χ0n) is 21.5. The van der Waals surface area contributed by atoms with Gasteiger partial charge in [-0.25, -0.2) is 32.8 Å². The van der Waals surface area contributed by atoms with Crippen molar-refractivity contribution in [3.63, 3.8) is 0 Å². The van der Waals surface area contributed by atoms with Gasteiger partial charge in [-0.15, -0.1) is 0 Å². The van der Waals surface area contributed by atoms with E-state index in [9.17, 15) is 22.8 Å². The number of pyridine rings is 1. The number of hydrogen-bond donors (Lipinski definition) is 0. The summed E-state index contributed by atoms with van der Waals surface area (Å²) in [5.41, 5.74) is 1.99. The van der Waals surface area contributed by atoms with Gasteiger partial charge in [0.1, 0.15) is 29.3 Å². The minimum absolute atomic E-state index is 0.0787. The van der Waals surface area contributed by atoms with E-state index in [4.69, 9.17) is 9.47 Å². The average molecular weight is 542 g/mol. The number of carbonyl (C=O) groups is 2. The van der Waals surface area contributed by atoms with E-state index >= 15 is 0 Å². The van der Waals surface area contributed by atoms with Gasteiger partial charge in [0.15, 0.2) is 11.6 Å². The van der Waals surface area contributed by atoms with Crippen molar-refractivity contribution >= 4 is 18.2 Å². The van der Waals surface area contributed by atoms with Gasteiger partial charge >= 0.3 is 12.0 Å². The van der Waals surface area contributed by atoms with Gasteiger partial charge in [-0.1, -0.05) is 0 Å². The van der Waals surface area contributed by atoms with Crippen LogP contribution in [0.25, 0.3) is 5.82 Å². The quantitative estimate of drug-likeness (QED) is 0.422. The summed E-state index contributed by atoms with van der Waals surface area (Å²) in [6.07, 6.45) is 2.34. The lowest BCUT2D eigenvalue weighted by Gasteiger charge is -2.41. The zero-order valence-corrected chi connectivity index (χ0v) is 21.5. The van der Waals surface area contributed by atoms with Crippen molar-refractivity contribution < 1.29 is 32.2 Å². The van der Waals surface area contributed by atoms with Crippen LogP contribution in [-0.4, -0.2) is 63.5 Å². The molecule has 1 saturated heterocycles. The number of urea groups is 1. The lowest BCUT2D eigenvalue weighted by molar-refractivity contribution is 0.0256. The second kappa shape index (κ2) is 10.4. The van der Waals surface area contributed by atoms with E-state index in [0.717, 1.165) is 12.3 Å². The monoisotopic (exact) mass is 541 g/mol. The molecule has 3 aromatic rings. The molecule has 0 saturated carbocycles. The standard InChI is InChI=1S/C27H26F3N5O4/c1-4-38-26(36)25-15(2)7-16(3)34(25)24-11-23(21(30)12-31-24)39-20-13-33(14-20)27(37)35-22(5-6-32-35)17-8-18(28)10-19(29)9-17/h6-12,20,22H,4-5,13-14H2,1-3H3. The molecule has 0 spiro atoms. The molecule has 5 rings (SSSR count). The first-order valence-corrected chi connectivity index (χ1v) is 12.4. The van der Waals surface area contributed by atoms with Crippen LogP contribution in [0.5, 0.6) is 5.75 Å². The Morgan fingerprint density at radius 2 is 1.77 bits per heavy atom. The number of benzene rings is 1. The number of esters is 1. The highest BCUT2D eigenvalue weighted by Crippen LogP contribution is 2.32. The third-order valence-electron chi connectivity index (χ3n) is 6.59. The summed E-state index contributed by atoms with van der Waals surface area (Å²) in [6, 6.07) is 5.24. The van der Waals surface area contributed by atoms with Gasteiger partial charge in [-0.3, -0.25) is 4.57 Å². The summed E-state index contributed by atoms with van der Waals surface area (Å²) >= 11 is 0. The van der Waals surface area contributed by atoms with Crippen LogP contribution in [0.4, 0.5) is 18.0 Å². The first-order chi connectivity index (χ1) is 18.7. The van der Waals surface area contributed by atoms with Gasteiger partial charge < -0.3 is 14.4 Å². The normalized spacial score (nSPS) is 16.9. The largest absolute Gasteiger partial charge is 0.483 e. The maximum atomic E-state index is 14.6. The number of amides is 2. The van der Waals surface area contributed by atoms with Gasteiger partial charge in [0.25, 0.3) is 0 Å². The Hall–Kier alpha value is -4.35. The summed E-state index contributed by atoms with van der Waals surface area (Å²) < 4.78 is 54.7. The van der Waals surface area contributed by atoms with E-state index in [1.165, 1.54) is 34.3 Å². The molecule has 0 N–H and O–H groups in total. The third-order valence-corrected chi connectivity index (χ3v) is 6.59. The van der Waals surface area contributed by atoms with Crippen molar-refractivity contribution in [3.05, 3.63) is 76.5 Å². The highest BCUT2D eigenvalue weighted by molar-refractivity contribution is 5.90. The number of hydrogen-bond acceptors (Lipinski definition) is 6. The molecule has 2 aliphatic heterocycles. The summed E-state index contributed by atoms with van der Waals surface area (Å²) in [5.74, 6) is -2.48. The predicted octanol–water partition coefficient (Wildman–Crippen LogP) is 4.70. The van der Waals surface area contributed by atoms with E-state index in [-0.39, 0.29) is 31.3 Å². The van der Waals surface area contributed by atoms with Crippen LogP contribution < -0.4 is 4.74 Å². The van der Waals surface area contributed by atoms with Crippen LogP contribution in [0.1, 0.15) is 46.7 Å². The van der Waals surface area contributed by atoms with Gasteiger partial charge in [-0.2, -0.15) is 5.10 Å². The topological polar surface area (TPSA) is 89.3 Å². The number of aromatic nitrogens is 2. The number of halogens is 3. The minimum atomic E-state index is -0.736. The molecule has 1 atom stereocenters. The Kier molecular flexibility index (Phi) is 7.02. The van der Waals surface area contributed by atoms with Crippen LogP contribution in [0, 0.1) is 31.3 Å². The second-order valence-corrected chi connectivity index (χ2v) is 9.37. The molecule has 2 aliphatic rings. The van der Waals surface area contributed by atoms with Crippen molar-refractivity contribution in [1.82, 2.24) is 19.5 Å². The SMILES string of the molecule is CCOC(=O)c1c(C)cc(C)n1-c1cc(OC2CN(C(=O)N3N=CCC3c3cc(F)cc(F)c3)C2)c(F)cn1. The summed E-state index contributed by atoms with van der Waals surface area (Å²) in [6.45, 7) is 5.79. The Morgan fingerprint density at radius 1 is 1.05 bits per heavy atom. The van der Waals surface area contributed by atoms with Crippen LogP contribution in [0.3, 0.4) is 0 Å². The number of rotatable bonds is 6. The maximum Gasteiger partial charge on any atom is 0.355 e. The predicted molar refractivity (Wildman–Crippen MR) is 134 cm³/mol. The van der Waals surface area contributed by atoms with Crippen LogP contribution >= 0.6 is 0 Å². The summed E-state index contributed by atoms with van der Waals surface area (Å²) in [4.78, 5) is 31.2. The van der Waals surface area contributed by atoms with Crippen molar-refractivity contribution in [2.75, 3.05) is 19.7 Å². The lowest BCUT2D eigenvalue weighted by atomic mass is 10.0. The molecule has 0 radical (unpaired) electrons. The first kappa shape index (κ1) is 26.3. The number of likely N-dealkylation sites (tertiary alicyclic amines) is 1. The molecule has 1 unspecified atom stereocenters. The molecule has 12 heteroatoms. The smallest absolute Gasteiger partial charge is 0.355 e. The fourth-order valence-corrected chi connectivity index (χ4v) is 4.80. The summed E-state index contributed by atoms with van der Waals surface area (Å²) in [5, 5.41) is 5.28. The molecule has 1 aromatic carbocycles. The van der Waals surface area contributed by atoms with Crippen molar-refractivity contribution in [2.45, 2.75) is 39.3 Å². The molecule has 204 valence electrons. The van der Waals surface area contributed by atoms with E-state index in [1.807, 2.05) is 0 Å². The van der Waals surface area contributed by atoms with Crippen LogP contribution in [0.2, 0.25) is 0 Å². The van der Waals surface area contributed by atoms with E-state index in [0.29, 0.717) is 28.9 Å². The molecule has 4 heterocycles. The van der Waals surface area contributed by atoms with Crippen LogP contribution in [0.15, 0.2) is 41.6 Å². The number of nitrogens with zero attached hydrogens (tertiary/aromatic N) is 5. The molecule has 0 aliphatic carbocycles. The second-order valence-electron chi connectivity index (χ2n) is 9.37. The Labute approximate surface area is 222 Å². The summed E-state index contributed by atoms with van der Waals surface area (Å²) in [7, 11) is 0. The highest BCUT2D eigenvalue weighted by Gasteiger charge is 2.39. The van der Waals surface area contributed by atoms with Gasteiger partial charge in [0.05, 0.1) is 31.9 Å². The number of hydrazone groups is 1. The molecular formula is C27H26F3N5O4. The Bertz CT molecular complexity index is 1450. The van der Waals surface area contributed by atoms with E-state index in [1.54, 1.807) is 31.4 Å². The Balaban J connectivity index is 1.28. The average Bonchev–Trinajstić information content (AvgIpc) is 3.45. The molecule has 9 nitrogen and oxygen atoms in total. The third kappa shape index (κ3) is 5.06. The van der Waals surface area contributed by atoms with Gasteiger partial charge in [-0.05, 0) is 50.1 Å². The molecule has 39 heavy (non-hydrogen) atoms. The minimum Gasteiger partial charge on any atom is -0.483 e. The van der Waals surface area contributed by atoms with E-state index < -0.39 is 41.6 Å². The maximum absolute atomic E-state index is 14.6. The molecule has 2 amide bonds. The lowest BCUT2D eigenvalue weighted by Crippen LogP contribution is -2.58. The number of ether oxygens (including phenoxy) is 2. The molecule has 1 fully saturated rings. The van der Waals surface area contributed by atoms with Gasteiger partial charge in [0, 0.05) is 30.5 Å². The van der Waals surface area contributed by atoms with Crippen molar-refractivity contribution in [3.8, 4) is 11.6 Å². The van der Waals surface area contributed by atoms with Crippen molar-refractivity contribution in [2.24, 2.45) is 5.10 Å². The molecule has 2 aromatic heterocycles. The first-order valence-electron chi connectivity index (χ1n) is 12.4. The van der Waals surface area contributed by atoms with Crippen molar-refractivity contribution in [1.29, 1.82) is 0 Å². The fraction of sp³-hybridized carbons (Fsp3) is 0.333. The fourth-order valence-electron chi connectivity index (χ4n) is 4.80. The van der Waals surface area contributed by atoms with E-state index in [2.05, 4.69) is 10.1 Å². The number of aryl methyl sites for hydroxylation is 2. The zero-order chi connectivity index (χ0) is 27.8. The molecule has 0 bridgehead atoms.